The Hall–Kier alpha value is -2.10. The molecule has 76 valence electrons. The van der Waals surface area contributed by atoms with E-state index in [1.807, 2.05) is 18.2 Å². The van der Waals surface area contributed by atoms with Crippen LogP contribution in [0.3, 0.4) is 0 Å². The molecule has 0 aliphatic rings. The minimum Gasteiger partial charge on any atom is -0.382 e. The monoisotopic (exact) mass is 201 g/mol. The Morgan fingerprint density at radius 3 is 2.53 bits per heavy atom. The number of ketones is 1. The minimum absolute atomic E-state index is 0.131. The highest BCUT2D eigenvalue weighted by molar-refractivity contribution is 6.10. The molecule has 2 rings (SSSR count). The van der Waals surface area contributed by atoms with Crippen LogP contribution in [0.4, 0.5) is 5.82 Å². The van der Waals surface area contributed by atoms with Crippen LogP contribution in [0.25, 0.3) is 0 Å². The number of hydrogen-bond donors (Lipinski definition) is 2. The number of carbonyl (C=O) groups excluding carboxylic acids is 1. The minimum atomic E-state index is -0.131. The Kier molecular flexibility index (Phi) is 2.25. The Bertz CT molecular complexity index is 488. The van der Waals surface area contributed by atoms with Crippen LogP contribution < -0.4 is 5.73 Å². The van der Waals surface area contributed by atoms with Gasteiger partial charge in [-0.15, -0.1) is 0 Å². The lowest BCUT2D eigenvalue weighted by Crippen LogP contribution is -2.04. The number of hydrogen-bond acceptors (Lipinski definition) is 3. The fraction of sp³-hybridized carbons (Fsp3) is 0.0909. The molecule has 0 spiro atoms. The van der Waals surface area contributed by atoms with Crippen molar-refractivity contribution in [3.8, 4) is 0 Å². The third-order valence-corrected chi connectivity index (χ3v) is 2.11. The molecule has 15 heavy (non-hydrogen) atoms. The van der Waals surface area contributed by atoms with Crippen LogP contribution in [-0.2, 0) is 0 Å². The number of nitrogen functional groups attached to an aromatic ring is 1. The molecule has 0 radical (unpaired) electrons. The summed E-state index contributed by atoms with van der Waals surface area (Å²) >= 11 is 0. The Labute approximate surface area is 87.1 Å². The molecule has 1 heterocycles. The molecule has 0 atom stereocenters. The van der Waals surface area contributed by atoms with Gasteiger partial charge in [0.15, 0.2) is 5.82 Å². The molecule has 1 aromatic carbocycles. The van der Waals surface area contributed by atoms with E-state index in [1.165, 1.54) is 0 Å². The van der Waals surface area contributed by atoms with Gasteiger partial charge in [-0.05, 0) is 6.92 Å². The van der Waals surface area contributed by atoms with Gasteiger partial charge < -0.3 is 10.7 Å². The molecule has 0 fully saturated rings. The van der Waals surface area contributed by atoms with E-state index in [0.29, 0.717) is 17.1 Å². The van der Waals surface area contributed by atoms with E-state index < -0.39 is 0 Å². The molecule has 0 saturated heterocycles. The summed E-state index contributed by atoms with van der Waals surface area (Å²) in [7, 11) is 0. The normalized spacial score (nSPS) is 10.2. The average molecular weight is 201 g/mol. The highest BCUT2D eigenvalue weighted by Gasteiger charge is 2.15. The molecule has 4 heteroatoms. The molecule has 0 unspecified atom stereocenters. The summed E-state index contributed by atoms with van der Waals surface area (Å²) in [6.45, 7) is 1.76. The van der Waals surface area contributed by atoms with E-state index in [-0.39, 0.29) is 11.6 Å². The molecule has 0 aliphatic heterocycles. The van der Waals surface area contributed by atoms with Crippen molar-refractivity contribution in [2.75, 3.05) is 5.73 Å². The average Bonchev–Trinajstić information content (AvgIpc) is 2.58. The first kappa shape index (κ1) is 9.45. The van der Waals surface area contributed by atoms with E-state index >= 15 is 0 Å². The lowest BCUT2D eigenvalue weighted by molar-refractivity contribution is 0.103. The molecule has 0 saturated carbocycles. The van der Waals surface area contributed by atoms with E-state index in [0.717, 1.165) is 0 Å². The van der Waals surface area contributed by atoms with Gasteiger partial charge >= 0.3 is 0 Å². The van der Waals surface area contributed by atoms with E-state index in [1.54, 1.807) is 19.1 Å². The highest BCUT2D eigenvalue weighted by atomic mass is 16.1. The fourth-order valence-corrected chi connectivity index (χ4v) is 1.42. The highest BCUT2D eigenvalue weighted by Crippen LogP contribution is 2.13. The van der Waals surface area contributed by atoms with Gasteiger partial charge in [0.05, 0.1) is 0 Å². The van der Waals surface area contributed by atoms with Gasteiger partial charge in [-0.2, -0.15) is 0 Å². The number of rotatable bonds is 2. The van der Waals surface area contributed by atoms with Crippen molar-refractivity contribution in [3.05, 3.63) is 47.4 Å². The van der Waals surface area contributed by atoms with Crippen molar-refractivity contribution in [3.63, 3.8) is 0 Å². The van der Waals surface area contributed by atoms with E-state index in [2.05, 4.69) is 9.97 Å². The number of nitrogens with two attached hydrogens (primary N) is 1. The maximum absolute atomic E-state index is 11.9. The maximum Gasteiger partial charge on any atom is 0.213 e. The van der Waals surface area contributed by atoms with E-state index in [9.17, 15) is 4.79 Å². The predicted octanol–water partition coefficient (Wildman–Crippen LogP) is 1.53. The lowest BCUT2D eigenvalue weighted by atomic mass is 10.1. The number of aromatic nitrogens is 2. The Morgan fingerprint density at radius 2 is 2.00 bits per heavy atom. The Balaban J connectivity index is 2.41. The van der Waals surface area contributed by atoms with Crippen molar-refractivity contribution in [1.29, 1.82) is 0 Å². The summed E-state index contributed by atoms with van der Waals surface area (Å²) in [5.74, 6) is 0.766. The number of H-pyrrole nitrogens is 1. The zero-order valence-electron chi connectivity index (χ0n) is 8.32. The molecule has 1 aromatic heterocycles. The largest absolute Gasteiger partial charge is 0.382 e. The molecule has 4 nitrogen and oxygen atoms in total. The van der Waals surface area contributed by atoms with Gasteiger partial charge in [-0.3, -0.25) is 4.79 Å². The number of nitrogens with one attached hydrogen (secondary N) is 1. The fourth-order valence-electron chi connectivity index (χ4n) is 1.42. The summed E-state index contributed by atoms with van der Waals surface area (Å²) in [5, 5.41) is 0. The lowest BCUT2D eigenvalue weighted by Gasteiger charge is -1.98. The van der Waals surface area contributed by atoms with Crippen LogP contribution >= 0.6 is 0 Å². The number of carbonyl (C=O) groups is 1. The SMILES string of the molecule is Cc1nc(N)c(C(=O)c2ccccc2)[nH]1. The molecular formula is C11H11N3O. The summed E-state index contributed by atoms with van der Waals surface area (Å²) in [6, 6.07) is 8.98. The summed E-state index contributed by atoms with van der Waals surface area (Å²) in [6.07, 6.45) is 0. The van der Waals surface area contributed by atoms with Gasteiger partial charge in [-0.25, -0.2) is 4.98 Å². The van der Waals surface area contributed by atoms with Gasteiger partial charge in [0.25, 0.3) is 0 Å². The molecule has 0 amide bonds. The van der Waals surface area contributed by atoms with Gasteiger partial charge in [0.1, 0.15) is 11.5 Å². The van der Waals surface area contributed by atoms with Crippen LogP contribution in [-0.4, -0.2) is 15.8 Å². The van der Waals surface area contributed by atoms with Crippen molar-refractivity contribution in [1.82, 2.24) is 9.97 Å². The molecule has 0 aliphatic carbocycles. The van der Waals surface area contributed by atoms with Crippen molar-refractivity contribution in [2.45, 2.75) is 6.92 Å². The number of imidazole rings is 1. The maximum atomic E-state index is 11.9. The van der Waals surface area contributed by atoms with Crippen molar-refractivity contribution < 1.29 is 4.79 Å². The smallest absolute Gasteiger partial charge is 0.213 e. The molecular weight excluding hydrogens is 190 g/mol. The predicted molar refractivity (Wildman–Crippen MR) is 57.6 cm³/mol. The second-order valence-electron chi connectivity index (χ2n) is 3.28. The van der Waals surface area contributed by atoms with Crippen LogP contribution in [0.2, 0.25) is 0 Å². The summed E-state index contributed by atoms with van der Waals surface area (Å²) < 4.78 is 0. The van der Waals surface area contributed by atoms with Gasteiger partial charge in [0.2, 0.25) is 5.78 Å². The zero-order chi connectivity index (χ0) is 10.8. The first-order chi connectivity index (χ1) is 7.18. The van der Waals surface area contributed by atoms with E-state index in [4.69, 9.17) is 5.73 Å². The van der Waals surface area contributed by atoms with Crippen LogP contribution in [0.1, 0.15) is 21.9 Å². The number of aryl methyl sites for hydroxylation is 1. The standard InChI is InChI=1S/C11H11N3O/c1-7-13-9(11(12)14-7)10(15)8-5-3-2-4-6-8/h2-6H,12H2,1H3,(H,13,14). The zero-order valence-corrected chi connectivity index (χ0v) is 8.32. The molecule has 2 aromatic rings. The first-order valence-corrected chi connectivity index (χ1v) is 4.60. The Morgan fingerprint density at radius 1 is 1.33 bits per heavy atom. The second-order valence-corrected chi connectivity index (χ2v) is 3.28. The van der Waals surface area contributed by atoms with Crippen molar-refractivity contribution in [2.24, 2.45) is 0 Å². The third kappa shape index (κ3) is 1.74. The van der Waals surface area contributed by atoms with Gasteiger partial charge in [0, 0.05) is 5.56 Å². The number of anilines is 1. The first-order valence-electron chi connectivity index (χ1n) is 4.60. The second kappa shape index (κ2) is 3.57. The number of benzene rings is 1. The van der Waals surface area contributed by atoms with Crippen LogP contribution in [0, 0.1) is 6.92 Å². The van der Waals surface area contributed by atoms with Crippen molar-refractivity contribution >= 4 is 11.6 Å². The van der Waals surface area contributed by atoms with Gasteiger partial charge in [-0.1, -0.05) is 30.3 Å². The number of aromatic amines is 1. The molecule has 3 N–H and O–H groups in total. The van der Waals surface area contributed by atoms with Crippen LogP contribution in [0.5, 0.6) is 0 Å². The topological polar surface area (TPSA) is 71.8 Å². The molecule has 0 bridgehead atoms. The number of nitrogens with zero attached hydrogens (tertiary/aromatic N) is 1. The van der Waals surface area contributed by atoms with Crippen LogP contribution in [0.15, 0.2) is 30.3 Å². The quantitative estimate of drug-likeness (QED) is 0.724. The summed E-state index contributed by atoms with van der Waals surface area (Å²) in [4.78, 5) is 18.7. The third-order valence-electron chi connectivity index (χ3n) is 2.11. The summed E-state index contributed by atoms with van der Waals surface area (Å²) in [5.41, 5.74) is 6.58.